The molecule has 1 atom stereocenters. The molecule has 1 N–H and O–H groups in total. The van der Waals surface area contributed by atoms with Crippen molar-refractivity contribution in [1.29, 1.82) is 0 Å². The van der Waals surface area contributed by atoms with E-state index < -0.39 is 11.9 Å². The van der Waals surface area contributed by atoms with E-state index in [0.29, 0.717) is 6.54 Å². The van der Waals surface area contributed by atoms with Crippen LogP contribution in [-0.4, -0.2) is 47.5 Å². The van der Waals surface area contributed by atoms with Crippen molar-refractivity contribution in [3.63, 3.8) is 0 Å². The van der Waals surface area contributed by atoms with Crippen LogP contribution in [0.2, 0.25) is 0 Å². The van der Waals surface area contributed by atoms with Gasteiger partial charge < -0.3 is 14.7 Å². The van der Waals surface area contributed by atoms with Crippen LogP contribution in [0.4, 0.5) is 0 Å². The van der Waals surface area contributed by atoms with Crippen LogP contribution in [0.3, 0.4) is 0 Å². The number of carbonyl (C=O) groups is 3. The normalized spacial score (nSPS) is 12.1. The Kier molecular flexibility index (Phi) is 8.59. The van der Waals surface area contributed by atoms with Gasteiger partial charge in [-0.15, -0.1) is 0 Å². The van der Waals surface area contributed by atoms with Gasteiger partial charge in [0, 0.05) is 19.4 Å². The molecule has 1 amide bonds. The monoisotopic (exact) mass is 287 g/mol. The number of carboxylic acid groups (broad SMARTS) is 1. The first-order valence-electron chi connectivity index (χ1n) is 6.91. The molecule has 0 saturated carbocycles. The van der Waals surface area contributed by atoms with Crippen molar-refractivity contribution in [1.82, 2.24) is 4.90 Å². The van der Waals surface area contributed by atoms with Gasteiger partial charge in [0.2, 0.25) is 5.91 Å². The molecule has 0 aromatic carbocycles. The number of aliphatic carboxylic acids is 1. The minimum atomic E-state index is -0.925. The van der Waals surface area contributed by atoms with Crippen molar-refractivity contribution in [3.8, 4) is 0 Å². The SMILES string of the molecule is CCOC(=O)CN(CC(C)C)C(=O)CC(C)CC(=O)O. The molecule has 6 nitrogen and oxygen atoms in total. The Morgan fingerprint density at radius 2 is 1.75 bits per heavy atom. The molecule has 0 spiro atoms. The lowest BCUT2D eigenvalue weighted by Gasteiger charge is -2.24. The van der Waals surface area contributed by atoms with Crippen molar-refractivity contribution in [3.05, 3.63) is 0 Å². The highest BCUT2D eigenvalue weighted by atomic mass is 16.5. The Hall–Kier alpha value is -1.59. The van der Waals surface area contributed by atoms with Crippen LogP contribution < -0.4 is 0 Å². The van der Waals surface area contributed by atoms with Gasteiger partial charge in [-0.25, -0.2) is 0 Å². The highest BCUT2D eigenvalue weighted by Gasteiger charge is 2.21. The number of hydrogen-bond donors (Lipinski definition) is 1. The molecule has 0 fully saturated rings. The summed E-state index contributed by atoms with van der Waals surface area (Å²) < 4.78 is 4.85. The zero-order valence-electron chi connectivity index (χ0n) is 12.7. The fourth-order valence-electron chi connectivity index (χ4n) is 1.86. The van der Waals surface area contributed by atoms with Crippen molar-refractivity contribution in [2.45, 2.75) is 40.5 Å². The topological polar surface area (TPSA) is 83.9 Å². The molecule has 0 bridgehead atoms. The van der Waals surface area contributed by atoms with E-state index in [2.05, 4.69) is 0 Å². The smallest absolute Gasteiger partial charge is 0.325 e. The molecule has 0 aliphatic rings. The summed E-state index contributed by atoms with van der Waals surface area (Å²) in [5.41, 5.74) is 0. The molecule has 20 heavy (non-hydrogen) atoms. The van der Waals surface area contributed by atoms with Crippen LogP contribution in [0.25, 0.3) is 0 Å². The zero-order valence-corrected chi connectivity index (χ0v) is 12.7. The summed E-state index contributed by atoms with van der Waals surface area (Å²) in [6.45, 7) is 7.98. The van der Waals surface area contributed by atoms with Gasteiger partial charge in [0.25, 0.3) is 0 Å². The molecule has 1 unspecified atom stereocenters. The van der Waals surface area contributed by atoms with Crippen LogP contribution in [0, 0.1) is 11.8 Å². The van der Waals surface area contributed by atoms with E-state index in [4.69, 9.17) is 9.84 Å². The molecular weight excluding hydrogens is 262 g/mol. The van der Waals surface area contributed by atoms with Crippen LogP contribution >= 0.6 is 0 Å². The maximum Gasteiger partial charge on any atom is 0.325 e. The Morgan fingerprint density at radius 3 is 2.20 bits per heavy atom. The average molecular weight is 287 g/mol. The maximum atomic E-state index is 12.1. The summed E-state index contributed by atoms with van der Waals surface area (Å²) in [6.07, 6.45) is 0.0685. The largest absolute Gasteiger partial charge is 0.481 e. The first-order valence-corrected chi connectivity index (χ1v) is 6.91. The van der Waals surface area contributed by atoms with E-state index in [1.165, 1.54) is 4.90 Å². The lowest BCUT2D eigenvalue weighted by molar-refractivity contribution is -0.149. The van der Waals surface area contributed by atoms with E-state index in [-0.39, 0.29) is 43.7 Å². The second kappa shape index (κ2) is 9.34. The Labute approximate surface area is 120 Å². The van der Waals surface area contributed by atoms with Crippen LogP contribution in [0.1, 0.15) is 40.5 Å². The van der Waals surface area contributed by atoms with Gasteiger partial charge in [0.15, 0.2) is 0 Å². The first-order chi connectivity index (χ1) is 9.26. The number of carbonyl (C=O) groups excluding carboxylic acids is 2. The number of rotatable bonds is 9. The van der Waals surface area contributed by atoms with Crippen LogP contribution in [-0.2, 0) is 19.1 Å². The lowest BCUT2D eigenvalue weighted by Crippen LogP contribution is -2.39. The molecular formula is C14H25NO5. The van der Waals surface area contributed by atoms with Crippen LogP contribution in [0.15, 0.2) is 0 Å². The molecule has 0 rings (SSSR count). The van der Waals surface area contributed by atoms with Crippen molar-refractivity contribution < 1.29 is 24.2 Å². The number of hydrogen-bond acceptors (Lipinski definition) is 4. The first kappa shape index (κ1) is 18.4. The lowest BCUT2D eigenvalue weighted by atomic mass is 10.0. The average Bonchev–Trinajstić information content (AvgIpc) is 2.26. The third kappa shape index (κ3) is 8.50. The molecule has 0 heterocycles. The van der Waals surface area contributed by atoms with E-state index in [1.54, 1.807) is 13.8 Å². The van der Waals surface area contributed by atoms with Gasteiger partial charge in [-0.05, 0) is 18.8 Å². The minimum Gasteiger partial charge on any atom is -0.481 e. The number of carboxylic acids is 1. The van der Waals surface area contributed by atoms with Crippen molar-refractivity contribution >= 4 is 17.8 Å². The standard InChI is InChI=1S/C14H25NO5/c1-5-20-14(19)9-15(8-10(2)3)12(16)6-11(4)7-13(17)18/h10-11H,5-9H2,1-4H3,(H,17,18). The fourth-order valence-corrected chi connectivity index (χ4v) is 1.86. The Balaban J connectivity index is 4.55. The zero-order chi connectivity index (χ0) is 15.7. The summed E-state index contributed by atoms with van der Waals surface area (Å²) in [5.74, 6) is -1.60. The van der Waals surface area contributed by atoms with Gasteiger partial charge >= 0.3 is 11.9 Å². The molecule has 0 aromatic rings. The fraction of sp³-hybridized carbons (Fsp3) is 0.786. The summed E-state index contributed by atoms with van der Waals surface area (Å²) in [6, 6.07) is 0. The quantitative estimate of drug-likeness (QED) is 0.650. The second-order valence-corrected chi connectivity index (χ2v) is 5.38. The van der Waals surface area contributed by atoms with Crippen molar-refractivity contribution in [2.24, 2.45) is 11.8 Å². The summed E-state index contributed by atoms with van der Waals surface area (Å²) in [5, 5.41) is 8.70. The maximum absolute atomic E-state index is 12.1. The number of esters is 1. The summed E-state index contributed by atoms with van der Waals surface area (Å²) in [7, 11) is 0. The third-order valence-corrected chi connectivity index (χ3v) is 2.61. The summed E-state index contributed by atoms with van der Waals surface area (Å²) >= 11 is 0. The third-order valence-electron chi connectivity index (χ3n) is 2.61. The Bertz CT molecular complexity index is 340. The predicted molar refractivity (Wildman–Crippen MR) is 74.1 cm³/mol. The van der Waals surface area contributed by atoms with E-state index in [9.17, 15) is 14.4 Å². The summed E-state index contributed by atoms with van der Waals surface area (Å²) in [4.78, 5) is 35.7. The molecule has 0 aliphatic heterocycles. The minimum absolute atomic E-state index is 0.0549. The van der Waals surface area contributed by atoms with E-state index in [0.717, 1.165) is 0 Å². The molecule has 0 aromatic heterocycles. The highest BCUT2D eigenvalue weighted by molar-refractivity contribution is 5.82. The predicted octanol–water partition coefficient (Wildman–Crippen LogP) is 1.54. The van der Waals surface area contributed by atoms with Gasteiger partial charge in [-0.3, -0.25) is 14.4 Å². The van der Waals surface area contributed by atoms with Gasteiger partial charge in [0.05, 0.1) is 6.61 Å². The molecule has 0 saturated heterocycles. The van der Waals surface area contributed by atoms with Gasteiger partial charge in [0.1, 0.15) is 6.54 Å². The van der Waals surface area contributed by atoms with Crippen LogP contribution in [0.5, 0.6) is 0 Å². The number of ether oxygens (including phenoxy) is 1. The Morgan fingerprint density at radius 1 is 1.15 bits per heavy atom. The molecule has 6 heteroatoms. The van der Waals surface area contributed by atoms with E-state index >= 15 is 0 Å². The van der Waals surface area contributed by atoms with Gasteiger partial charge in [-0.2, -0.15) is 0 Å². The highest BCUT2D eigenvalue weighted by Crippen LogP contribution is 2.11. The van der Waals surface area contributed by atoms with E-state index in [1.807, 2.05) is 13.8 Å². The molecule has 116 valence electrons. The van der Waals surface area contributed by atoms with Gasteiger partial charge in [-0.1, -0.05) is 20.8 Å². The second-order valence-electron chi connectivity index (χ2n) is 5.38. The molecule has 0 radical (unpaired) electrons. The van der Waals surface area contributed by atoms with Crippen molar-refractivity contribution in [2.75, 3.05) is 19.7 Å². The molecule has 0 aliphatic carbocycles. The number of nitrogens with zero attached hydrogens (tertiary/aromatic N) is 1. The number of amides is 1.